The fourth-order valence-electron chi connectivity index (χ4n) is 4.21. The number of nitrogens with zero attached hydrogens (tertiary/aromatic N) is 2. The molecule has 0 spiro atoms. The number of nitrogens with one attached hydrogen (secondary N) is 1. The lowest BCUT2D eigenvalue weighted by atomic mass is 9.80. The summed E-state index contributed by atoms with van der Waals surface area (Å²) in [5.74, 6) is -0.462. The Morgan fingerprint density at radius 2 is 1.85 bits per heavy atom. The van der Waals surface area contributed by atoms with E-state index < -0.39 is 21.9 Å². The molecule has 1 aliphatic rings. The van der Waals surface area contributed by atoms with Gasteiger partial charge in [-0.25, -0.2) is 13.4 Å². The normalized spacial score (nSPS) is 18.4. The van der Waals surface area contributed by atoms with Crippen molar-refractivity contribution in [3.05, 3.63) is 53.9 Å². The van der Waals surface area contributed by atoms with E-state index >= 15 is 0 Å². The molecule has 2 atom stereocenters. The molecule has 0 amide bonds. The van der Waals surface area contributed by atoms with Crippen LogP contribution in [-0.2, 0) is 14.8 Å². The van der Waals surface area contributed by atoms with E-state index in [2.05, 4.69) is 14.9 Å². The number of aliphatic carboxylic acids is 1. The Morgan fingerprint density at radius 3 is 2.56 bits per heavy atom. The van der Waals surface area contributed by atoms with Crippen molar-refractivity contribution in [2.24, 2.45) is 11.8 Å². The lowest BCUT2D eigenvalue weighted by Gasteiger charge is -2.28. The highest BCUT2D eigenvalue weighted by molar-refractivity contribution is 7.92. The van der Waals surface area contributed by atoms with Gasteiger partial charge in [0.15, 0.2) is 0 Å². The van der Waals surface area contributed by atoms with Gasteiger partial charge >= 0.3 is 5.97 Å². The van der Waals surface area contributed by atoms with Crippen LogP contribution >= 0.6 is 0 Å². The molecular formula is C24H27N3O6S. The first kappa shape index (κ1) is 23.7. The number of hydrogen-bond donors (Lipinski definition) is 2. The number of sulfonamides is 1. The maximum absolute atomic E-state index is 12.8. The summed E-state index contributed by atoms with van der Waals surface area (Å²) < 4.78 is 39.5. The smallest absolute Gasteiger partial charge is 0.306 e. The number of aryl methyl sites for hydroxylation is 2. The minimum Gasteiger partial charge on any atom is -0.491 e. The van der Waals surface area contributed by atoms with Gasteiger partial charge in [0.1, 0.15) is 22.8 Å². The number of rotatable bonds is 8. The van der Waals surface area contributed by atoms with Crippen LogP contribution in [0.25, 0.3) is 11.5 Å². The Hall–Kier alpha value is -3.40. The molecule has 34 heavy (non-hydrogen) atoms. The number of aromatic nitrogens is 2. The summed E-state index contributed by atoms with van der Waals surface area (Å²) in [5, 5.41) is 13.4. The van der Waals surface area contributed by atoms with Crippen LogP contribution in [0, 0.1) is 25.7 Å². The lowest BCUT2D eigenvalue weighted by molar-refractivity contribution is -0.145. The molecule has 2 N–H and O–H groups in total. The summed E-state index contributed by atoms with van der Waals surface area (Å²) in [5.41, 5.74) is 1.57. The molecule has 180 valence electrons. The minimum atomic E-state index is -3.84. The van der Waals surface area contributed by atoms with E-state index in [-0.39, 0.29) is 22.3 Å². The van der Waals surface area contributed by atoms with E-state index in [9.17, 15) is 18.3 Å². The first-order valence-electron chi connectivity index (χ1n) is 11.1. The molecule has 1 aromatic carbocycles. The van der Waals surface area contributed by atoms with E-state index in [4.69, 9.17) is 9.26 Å². The highest BCUT2D eigenvalue weighted by atomic mass is 32.2. The second-order valence-corrected chi connectivity index (χ2v) is 10.2. The molecule has 10 heteroatoms. The summed E-state index contributed by atoms with van der Waals surface area (Å²) in [7, 11) is -3.84. The van der Waals surface area contributed by atoms with E-state index in [0.717, 1.165) is 19.3 Å². The number of ether oxygens (including phenoxy) is 1. The highest BCUT2D eigenvalue weighted by Crippen LogP contribution is 2.34. The molecule has 2 aromatic heterocycles. The van der Waals surface area contributed by atoms with E-state index in [0.29, 0.717) is 35.9 Å². The molecule has 4 rings (SSSR count). The van der Waals surface area contributed by atoms with Gasteiger partial charge in [-0.3, -0.25) is 9.52 Å². The third kappa shape index (κ3) is 5.06. The Balaban J connectivity index is 1.53. The number of carboxylic acids is 1. The SMILES string of the molecule is Cc1nc(-c2onc(C)c2NS(=O)(=O)c2ccccc2)ccc1OCC1CCCCC1C(=O)O. The highest BCUT2D eigenvalue weighted by Gasteiger charge is 2.31. The van der Waals surface area contributed by atoms with Crippen LogP contribution in [0.2, 0.25) is 0 Å². The van der Waals surface area contributed by atoms with E-state index in [1.807, 2.05) is 0 Å². The number of pyridine rings is 1. The molecule has 0 aliphatic heterocycles. The molecule has 0 saturated heterocycles. The molecule has 3 aromatic rings. The zero-order valence-electron chi connectivity index (χ0n) is 19.0. The fraction of sp³-hybridized carbons (Fsp3) is 0.375. The lowest BCUT2D eigenvalue weighted by Crippen LogP contribution is -2.31. The fourth-order valence-corrected chi connectivity index (χ4v) is 5.36. The summed E-state index contributed by atoms with van der Waals surface area (Å²) in [6.07, 6.45) is 3.42. The van der Waals surface area contributed by atoms with Crippen molar-refractivity contribution in [2.45, 2.75) is 44.4 Å². The van der Waals surface area contributed by atoms with Gasteiger partial charge in [0.05, 0.1) is 23.1 Å². The largest absolute Gasteiger partial charge is 0.491 e. The predicted octanol–water partition coefficient (Wildman–Crippen LogP) is 4.42. The Labute approximate surface area is 198 Å². The quantitative estimate of drug-likeness (QED) is 0.479. The summed E-state index contributed by atoms with van der Waals surface area (Å²) in [6.45, 7) is 3.72. The zero-order chi connectivity index (χ0) is 24.3. The van der Waals surface area contributed by atoms with Crippen molar-refractivity contribution in [1.82, 2.24) is 10.1 Å². The number of benzene rings is 1. The second-order valence-electron chi connectivity index (χ2n) is 8.47. The molecule has 2 unspecified atom stereocenters. The van der Waals surface area contributed by atoms with Crippen LogP contribution in [0.3, 0.4) is 0 Å². The predicted molar refractivity (Wildman–Crippen MR) is 125 cm³/mol. The van der Waals surface area contributed by atoms with E-state index in [1.165, 1.54) is 12.1 Å². The van der Waals surface area contributed by atoms with Crippen LogP contribution in [0.15, 0.2) is 51.9 Å². The molecule has 1 fully saturated rings. The monoisotopic (exact) mass is 485 g/mol. The maximum atomic E-state index is 12.8. The third-order valence-corrected chi connectivity index (χ3v) is 7.47. The molecule has 0 radical (unpaired) electrons. The van der Waals surface area contributed by atoms with Crippen LogP contribution in [0.1, 0.15) is 37.1 Å². The van der Waals surface area contributed by atoms with Crippen molar-refractivity contribution in [3.8, 4) is 17.2 Å². The van der Waals surface area contributed by atoms with Gasteiger partial charge in [-0.2, -0.15) is 0 Å². The Bertz CT molecular complexity index is 1270. The molecule has 1 aliphatic carbocycles. The van der Waals surface area contributed by atoms with Crippen LogP contribution in [0.4, 0.5) is 5.69 Å². The van der Waals surface area contributed by atoms with Crippen molar-refractivity contribution in [2.75, 3.05) is 11.3 Å². The van der Waals surface area contributed by atoms with Gasteiger partial charge in [0.25, 0.3) is 10.0 Å². The molecule has 9 nitrogen and oxygen atoms in total. The van der Waals surface area contributed by atoms with E-state index in [1.54, 1.807) is 44.2 Å². The zero-order valence-corrected chi connectivity index (χ0v) is 19.8. The number of carboxylic acid groups (broad SMARTS) is 1. The van der Waals surface area contributed by atoms with Crippen LogP contribution in [-0.4, -0.2) is 36.2 Å². The van der Waals surface area contributed by atoms with Gasteiger partial charge in [-0.05, 0) is 51.0 Å². The second kappa shape index (κ2) is 9.84. The molecule has 2 heterocycles. The average molecular weight is 486 g/mol. The standard InChI is InChI=1S/C24H27N3O6S/c1-15-21(32-14-17-8-6-7-11-19(17)24(28)29)13-12-20(25-15)23-22(16(2)26-33-23)27-34(30,31)18-9-4-3-5-10-18/h3-5,9-10,12-13,17,19,27H,6-8,11,14H2,1-2H3,(H,28,29). The minimum absolute atomic E-state index is 0.0405. The first-order valence-corrected chi connectivity index (χ1v) is 12.6. The van der Waals surface area contributed by atoms with Gasteiger partial charge in [-0.15, -0.1) is 0 Å². The summed E-state index contributed by atoms with van der Waals surface area (Å²) >= 11 is 0. The Kier molecular flexibility index (Phi) is 6.87. The summed E-state index contributed by atoms with van der Waals surface area (Å²) in [6, 6.07) is 11.4. The van der Waals surface area contributed by atoms with Gasteiger partial charge in [-0.1, -0.05) is 36.2 Å². The molecule has 0 bridgehead atoms. The Morgan fingerprint density at radius 1 is 1.12 bits per heavy atom. The van der Waals surface area contributed by atoms with Crippen LogP contribution < -0.4 is 9.46 Å². The number of anilines is 1. The summed E-state index contributed by atoms with van der Waals surface area (Å²) in [4.78, 5) is 16.2. The maximum Gasteiger partial charge on any atom is 0.306 e. The van der Waals surface area contributed by atoms with Crippen molar-refractivity contribution in [3.63, 3.8) is 0 Å². The van der Waals surface area contributed by atoms with Crippen molar-refractivity contribution < 1.29 is 27.6 Å². The average Bonchev–Trinajstić information content (AvgIpc) is 3.18. The van der Waals surface area contributed by atoms with Gasteiger partial charge in [0.2, 0.25) is 5.76 Å². The molecular weight excluding hydrogens is 458 g/mol. The van der Waals surface area contributed by atoms with Crippen LogP contribution in [0.5, 0.6) is 5.75 Å². The third-order valence-electron chi connectivity index (χ3n) is 6.10. The number of carbonyl (C=O) groups is 1. The van der Waals surface area contributed by atoms with Crippen molar-refractivity contribution >= 4 is 21.7 Å². The molecule has 1 saturated carbocycles. The van der Waals surface area contributed by atoms with Crippen molar-refractivity contribution in [1.29, 1.82) is 0 Å². The topological polar surface area (TPSA) is 132 Å². The van der Waals surface area contributed by atoms with Gasteiger partial charge < -0.3 is 14.4 Å². The van der Waals surface area contributed by atoms with Gasteiger partial charge in [0, 0.05) is 5.92 Å². The first-order chi connectivity index (χ1) is 16.3. The number of hydrogen-bond acceptors (Lipinski definition) is 7.